The summed E-state index contributed by atoms with van der Waals surface area (Å²) in [5.74, 6) is 0. The van der Waals surface area contributed by atoms with Crippen LogP contribution < -0.4 is 0 Å². The van der Waals surface area contributed by atoms with Crippen molar-refractivity contribution in [3.63, 3.8) is 0 Å². The van der Waals surface area contributed by atoms with Crippen molar-refractivity contribution < 1.29 is 4.74 Å². The van der Waals surface area contributed by atoms with Crippen molar-refractivity contribution in [2.45, 2.75) is 25.2 Å². The zero-order valence-corrected chi connectivity index (χ0v) is 16.0. The molecule has 2 atom stereocenters. The van der Waals surface area contributed by atoms with E-state index in [0.29, 0.717) is 33.1 Å². The number of rotatable bonds is 6. The molecular formula is C18H14Cl4N2O. The highest BCUT2D eigenvalue weighted by atomic mass is 35.5. The van der Waals surface area contributed by atoms with E-state index in [2.05, 4.69) is 9.98 Å². The standard InChI is InChI=1S/C18H14Cl4N2O/c19-12-2-1-11(16(21)5-12)9-25-18(7-14-8-23-10-24-14)15-4-3-13(20)6-17(15)22/h1-6,8,10,14,18H,7,9H2. The van der Waals surface area contributed by atoms with Gasteiger partial charge >= 0.3 is 0 Å². The summed E-state index contributed by atoms with van der Waals surface area (Å²) >= 11 is 24.5. The molecule has 25 heavy (non-hydrogen) atoms. The molecule has 0 saturated carbocycles. The first-order valence-corrected chi connectivity index (χ1v) is 9.09. The molecule has 2 aromatic carbocycles. The maximum atomic E-state index is 6.36. The maximum absolute atomic E-state index is 6.36. The minimum absolute atomic E-state index is 0.0440. The second kappa shape index (κ2) is 8.52. The maximum Gasteiger partial charge on any atom is 0.110 e. The quantitative estimate of drug-likeness (QED) is 0.535. The van der Waals surface area contributed by atoms with E-state index in [-0.39, 0.29) is 12.1 Å². The first kappa shape index (κ1) is 18.7. The predicted octanol–water partition coefficient (Wildman–Crippen LogP) is 6.43. The summed E-state index contributed by atoms with van der Waals surface area (Å²) in [6.07, 6.45) is 3.67. The number of aliphatic imine (C=N–C) groups is 2. The first-order valence-electron chi connectivity index (χ1n) is 7.58. The molecule has 3 nitrogen and oxygen atoms in total. The summed E-state index contributed by atoms with van der Waals surface area (Å²) in [5.41, 5.74) is 1.70. The highest BCUT2D eigenvalue weighted by Gasteiger charge is 2.21. The molecule has 1 aliphatic rings. The van der Waals surface area contributed by atoms with Gasteiger partial charge in [-0.15, -0.1) is 0 Å². The smallest absolute Gasteiger partial charge is 0.110 e. The van der Waals surface area contributed by atoms with Crippen LogP contribution in [0.2, 0.25) is 20.1 Å². The van der Waals surface area contributed by atoms with Crippen molar-refractivity contribution in [2.75, 3.05) is 0 Å². The van der Waals surface area contributed by atoms with Crippen LogP contribution in [0.15, 0.2) is 46.4 Å². The van der Waals surface area contributed by atoms with Gasteiger partial charge in [-0.05, 0) is 35.4 Å². The van der Waals surface area contributed by atoms with E-state index in [1.165, 1.54) is 0 Å². The van der Waals surface area contributed by atoms with Crippen molar-refractivity contribution in [3.8, 4) is 0 Å². The van der Waals surface area contributed by atoms with E-state index < -0.39 is 0 Å². The number of benzene rings is 2. The Balaban J connectivity index is 1.80. The fourth-order valence-electron chi connectivity index (χ4n) is 2.52. The second-order valence-corrected chi connectivity index (χ2v) is 7.25. The van der Waals surface area contributed by atoms with E-state index >= 15 is 0 Å². The van der Waals surface area contributed by atoms with Crippen LogP contribution in [0.25, 0.3) is 0 Å². The van der Waals surface area contributed by atoms with E-state index in [1.807, 2.05) is 12.1 Å². The molecule has 0 fully saturated rings. The Morgan fingerprint density at radius 3 is 2.32 bits per heavy atom. The van der Waals surface area contributed by atoms with Crippen LogP contribution in [-0.2, 0) is 11.3 Å². The van der Waals surface area contributed by atoms with Crippen LogP contribution >= 0.6 is 46.4 Å². The Hall–Kier alpha value is -1.10. The van der Waals surface area contributed by atoms with E-state index in [1.54, 1.807) is 36.8 Å². The molecule has 2 aromatic rings. The fraction of sp³-hybridized carbons (Fsp3) is 0.222. The Morgan fingerprint density at radius 2 is 1.68 bits per heavy atom. The van der Waals surface area contributed by atoms with E-state index in [9.17, 15) is 0 Å². The average Bonchev–Trinajstić information content (AvgIpc) is 3.06. The van der Waals surface area contributed by atoms with Crippen LogP contribution in [0.5, 0.6) is 0 Å². The van der Waals surface area contributed by atoms with Gasteiger partial charge in [-0.1, -0.05) is 58.5 Å². The Kier molecular flexibility index (Phi) is 6.37. The Morgan fingerprint density at radius 1 is 0.960 bits per heavy atom. The van der Waals surface area contributed by atoms with Gasteiger partial charge in [0.05, 0.1) is 18.8 Å². The van der Waals surface area contributed by atoms with Gasteiger partial charge in [-0.3, -0.25) is 4.99 Å². The normalized spacial score (nSPS) is 17.2. The molecule has 0 spiro atoms. The van der Waals surface area contributed by atoms with Crippen LogP contribution in [0.3, 0.4) is 0 Å². The second-order valence-electron chi connectivity index (χ2n) is 5.57. The molecule has 130 valence electrons. The molecule has 0 saturated heterocycles. The molecule has 1 aliphatic heterocycles. The summed E-state index contributed by atoms with van der Waals surface area (Å²) in [7, 11) is 0. The van der Waals surface area contributed by atoms with Gasteiger partial charge < -0.3 is 4.74 Å². The number of ether oxygens (including phenoxy) is 1. The molecule has 0 amide bonds. The fourth-order valence-corrected chi connectivity index (χ4v) is 3.51. The van der Waals surface area contributed by atoms with Crippen LogP contribution in [0, 0.1) is 0 Å². The minimum atomic E-state index is -0.275. The summed E-state index contributed by atoms with van der Waals surface area (Å²) in [5, 5.41) is 2.28. The van der Waals surface area contributed by atoms with Gasteiger partial charge in [0.25, 0.3) is 0 Å². The van der Waals surface area contributed by atoms with Gasteiger partial charge in [-0.2, -0.15) is 0 Å². The summed E-state index contributed by atoms with van der Waals surface area (Å²) in [6.45, 7) is 0.327. The van der Waals surface area contributed by atoms with Crippen molar-refractivity contribution in [1.29, 1.82) is 0 Å². The molecule has 0 N–H and O–H groups in total. The van der Waals surface area contributed by atoms with Crippen LogP contribution in [0.4, 0.5) is 0 Å². The van der Waals surface area contributed by atoms with Crippen molar-refractivity contribution in [3.05, 3.63) is 67.6 Å². The zero-order chi connectivity index (χ0) is 17.8. The zero-order valence-electron chi connectivity index (χ0n) is 13.0. The lowest BCUT2D eigenvalue weighted by atomic mass is 10.0. The predicted molar refractivity (Wildman–Crippen MR) is 106 cm³/mol. The number of halogens is 4. The molecule has 7 heteroatoms. The highest BCUT2D eigenvalue weighted by Crippen LogP contribution is 2.33. The SMILES string of the molecule is Clc1ccc(COC(CC2C=NC=N2)c2ccc(Cl)cc2Cl)c(Cl)c1. The molecule has 3 rings (SSSR count). The molecule has 1 heterocycles. The third-order valence-electron chi connectivity index (χ3n) is 3.80. The summed E-state index contributed by atoms with van der Waals surface area (Å²) in [4.78, 5) is 8.32. The van der Waals surface area contributed by atoms with Crippen molar-refractivity contribution in [1.82, 2.24) is 0 Å². The van der Waals surface area contributed by atoms with E-state index in [4.69, 9.17) is 51.1 Å². The molecule has 0 bridgehead atoms. The van der Waals surface area contributed by atoms with Crippen molar-refractivity contribution >= 4 is 59.0 Å². The largest absolute Gasteiger partial charge is 0.369 e. The lowest BCUT2D eigenvalue weighted by Gasteiger charge is -2.21. The molecular weight excluding hydrogens is 402 g/mol. The number of nitrogens with zero attached hydrogens (tertiary/aromatic N) is 2. The number of hydrogen-bond donors (Lipinski definition) is 0. The van der Waals surface area contributed by atoms with Crippen LogP contribution in [-0.4, -0.2) is 18.6 Å². The first-order chi connectivity index (χ1) is 12.0. The Labute approximate surface area is 166 Å². The average molecular weight is 416 g/mol. The summed E-state index contributed by atoms with van der Waals surface area (Å²) in [6, 6.07) is 10.6. The third-order valence-corrected chi connectivity index (χ3v) is 4.95. The van der Waals surface area contributed by atoms with Gasteiger partial charge in [0, 0.05) is 32.7 Å². The molecule has 0 radical (unpaired) electrons. The minimum Gasteiger partial charge on any atom is -0.369 e. The molecule has 0 aromatic heterocycles. The lowest BCUT2D eigenvalue weighted by Crippen LogP contribution is -2.14. The van der Waals surface area contributed by atoms with Gasteiger partial charge in [-0.25, -0.2) is 4.99 Å². The summed E-state index contributed by atoms with van der Waals surface area (Å²) < 4.78 is 6.13. The third kappa shape index (κ3) is 4.96. The Bertz CT molecular complexity index is 811. The molecule has 0 aliphatic carbocycles. The van der Waals surface area contributed by atoms with Gasteiger partial charge in [0.2, 0.25) is 0 Å². The number of hydrogen-bond acceptors (Lipinski definition) is 3. The van der Waals surface area contributed by atoms with E-state index in [0.717, 1.165) is 11.1 Å². The lowest BCUT2D eigenvalue weighted by molar-refractivity contribution is 0.0334. The van der Waals surface area contributed by atoms with Gasteiger partial charge in [0.1, 0.15) is 6.34 Å². The monoisotopic (exact) mass is 414 g/mol. The topological polar surface area (TPSA) is 34.0 Å². The highest BCUT2D eigenvalue weighted by molar-refractivity contribution is 6.35. The van der Waals surface area contributed by atoms with Crippen molar-refractivity contribution in [2.24, 2.45) is 9.98 Å². The van der Waals surface area contributed by atoms with Crippen LogP contribution in [0.1, 0.15) is 23.7 Å². The van der Waals surface area contributed by atoms with Gasteiger partial charge in [0.15, 0.2) is 0 Å². The molecule has 2 unspecified atom stereocenters.